The van der Waals surface area contributed by atoms with E-state index < -0.39 is 6.09 Å². The van der Waals surface area contributed by atoms with Crippen molar-refractivity contribution < 1.29 is 9.53 Å². The summed E-state index contributed by atoms with van der Waals surface area (Å²) in [5.74, 6) is 0. The number of thiophene rings is 1. The van der Waals surface area contributed by atoms with Gasteiger partial charge in [0.2, 0.25) is 0 Å². The van der Waals surface area contributed by atoms with Gasteiger partial charge in [-0.15, -0.1) is 11.3 Å². The summed E-state index contributed by atoms with van der Waals surface area (Å²) in [5, 5.41) is 8.91. The molecule has 0 bridgehead atoms. The van der Waals surface area contributed by atoms with Crippen LogP contribution in [0.4, 0.5) is 4.79 Å². The predicted molar refractivity (Wildman–Crippen MR) is 65.1 cm³/mol. The van der Waals surface area contributed by atoms with Gasteiger partial charge in [0.1, 0.15) is 6.04 Å². The van der Waals surface area contributed by atoms with Crippen molar-refractivity contribution in [2.75, 3.05) is 13.7 Å². The average molecular weight is 251 g/mol. The Morgan fingerprint density at radius 1 is 1.65 bits per heavy atom. The number of nitrogens with zero attached hydrogens (tertiary/aromatic N) is 2. The Balaban J connectivity index is 2.11. The zero-order chi connectivity index (χ0) is 12.1. The van der Waals surface area contributed by atoms with Crippen LogP contribution in [-0.4, -0.2) is 29.5 Å². The van der Waals surface area contributed by atoms with Crippen LogP contribution in [-0.2, 0) is 4.74 Å². The summed E-state index contributed by atoms with van der Waals surface area (Å²) in [6.07, 6.45) is 3.17. The third kappa shape index (κ3) is 2.85. The van der Waals surface area contributed by atoms with Crippen LogP contribution in [0.5, 0.6) is 0 Å². The van der Waals surface area contributed by atoms with Crippen molar-refractivity contribution in [2.24, 2.45) is 0 Å². The van der Waals surface area contributed by atoms with Crippen molar-refractivity contribution in [3.8, 4) is 0 Å². The molecule has 1 amide bonds. The molecule has 0 aliphatic carbocycles. The van der Waals surface area contributed by atoms with E-state index in [1.54, 1.807) is 17.5 Å². The van der Waals surface area contributed by atoms with Crippen molar-refractivity contribution in [1.82, 2.24) is 15.1 Å². The molecule has 0 saturated heterocycles. The molecule has 2 aromatic heterocycles. The topological polar surface area (TPSA) is 56.1 Å². The molecule has 5 nitrogen and oxygen atoms in total. The van der Waals surface area contributed by atoms with Crippen molar-refractivity contribution in [3.05, 3.63) is 40.8 Å². The van der Waals surface area contributed by atoms with Crippen LogP contribution in [0.2, 0.25) is 0 Å². The Morgan fingerprint density at radius 3 is 3.12 bits per heavy atom. The van der Waals surface area contributed by atoms with Crippen LogP contribution in [0.25, 0.3) is 0 Å². The molecule has 1 N–H and O–H groups in total. The van der Waals surface area contributed by atoms with Gasteiger partial charge in [-0.05, 0) is 17.5 Å². The molecule has 6 heteroatoms. The minimum Gasteiger partial charge on any atom is -0.453 e. The Hall–Kier alpha value is -1.82. The third-order valence-corrected chi connectivity index (χ3v) is 3.31. The number of alkyl carbamates (subject to hydrolysis) is 1. The van der Waals surface area contributed by atoms with Crippen molar-refractivity contribution in [1.29, 1.82) is 0 Å². The lowest BCUT2D eigenvalue weighted by Crippen LogP contribution is -2.31. The van der Waals surface area contributed by atoms with Crippen LogP contribution in [0.3, 0.4) is 0 Å². The second-order valence-corrected chi connectivity index (χ2v) is 4.37. The molecule has 2 heterocycles. The molecule has 0 aliphatic rings. The number of rotatable bonds is 4. The van der Waals surface area contributed by atoms with E-state index in [1.165, 1.54) is 7.11 Å². The quantitative estimate of drug-likeness (QED) is 0.902. The minimum atomic E-state index is -0.432. The van der Waals surface area contributed by atoms with Gasteiger partial charge < -0.3 is 10.1 Å². The molecule has 90 valence electrons. The lowest BCUT2D eigenvalue weighted by Gasteiger charge is -2.16. The van der Waals surface area contributed by atoms with Gasteiger partial charge >= 0.3 is 6.09 Å². The zero-order valence-electron chi connectivity index (χ0n) is 9.37. The maximum absolute atomic E-state index is 11.1. The predicted octanol–water partition coefficient (Wildman–Crippen LogP) is 1.89. The molecule has 0 fully saturated rings. The fourth-order valence-electron chi connectivity index (χ4n) is 1.52. The van der Waals surface area contributed by atoms with E-state index >= 15 is 0 Å². The van der Waals surface area contributed by atoms with Crippen LogP contribution < -0.4 is 5.32 Å². The van der Waals surface area contributed by atoms with Crippen LogP contribution in [0, 0.1) is 0 Å². The number of amides is 1. The van der Waals surface area contributed by atoms with Crippen LogP contribution in [0.1, 0.15) is 10.9 Å². The van der Waals surface area contributed by atoms with E-state index in [0.717, 1.165) is 4.88 Å². The fraction of sp³-hybridized carbons (Fsp3) is 0.273. The summed E-state index contributed by atoms with van der Waals surface area (Å²) >= 11 is 1.64. The highest BCUT2D eigenvalue weighted by atomic mass is 32.1. The average Bonchev–Trinajstić information content (AvgIpc) is 3.01. The molecule has 17 heavy (non-hydrogen) atoms. The number of hydrogen-bond acceptors (Lipinski definition) is 4. The smallest absolute Gasteiger partial charge is 0.406 e. The SMILES string of the molecule is COC(=O)NCC(c1cccs1)n1cccn1. The first-order valence-electron chi connectivity index (χ1n) is 5.15. The maximum atomic E-state index is 11.1. The minimum absolute atomic E-state index is 0.00380. The van der Waals surface area contributed by atoms with E-state index in [9.17, 15) is 4.79 Å². The number of hydrogen-bond donors (Lipinski definition) is 1. The maximum Gasteiger partial charge on any atom is 0.406 e. The van der Waals surface area contributed by atoms with Gasteiger partial charge in [0.15, 0.2) is 0 Å². The number of methoxy groups -OCH3 is 1. The first-order valence-corrected chi connectivity index (χ1v) is 6.03. The Labute approximate surface area is 103 Å². The molecular weight excluding hydrogens is 238 g/mol. The Bertz CT molecular complexity index is 419. The van der Waals surface area contributed by atoms with Gasteiger partial charge in [-0.1, -0.05) is 6.07 Å². The number of nitrogens with one attached hydrogen (secondary N) is 1. The van der Waals surface area contributed by atoms with E-state index in [-0.39, 0.29) is 6.04 Å². The van der Waals surface area contributed by atoms with E-state index in [4.69, 9.17) is 0 Å². The standard InChI is InChI=1S/C11H13N3O2S/c1-16-11(15)12-8-9(10-4-2-7-17-10)14-6-3-5-13-14/h2-7,9H,8H2,1H3,(H,12,15). The highest BCUT2D eigenvalue weighted by molar-refractivity contribution is 7.10. The largest absolute Gasteiger partial charge is 0.453 e. The lowest BCUT2D eigenvalue weighted by molar-refractivity contribution is 0.169. The first-order chi connectivity index (χ1) is 8.31. The summed E-state index contributed by atoms with van der Waals surface area (Å²) in [4.78, 5) is 12.2. The molecule has 1 atom stereocenters. The van der Waals surface area contributed by atoms with Gasteiger partial charge in [0.05, 0.1) is 7.11 Å². The molecule has 0 spiro atoms. The van der Waals surface area contributed by atoms with Crippen molar-refractivity contribution in [2.45, 2.75) is 6.04 Å². The number of ether oxygens (including phenoxy) is 1. The monoisotopic (exact) mass is 251 g/mol. The molecule has 2 rings (SSSR count). The normalized spacial score (nSPS) is 12.1. The second kappa shape index (κ2) is 5.49. The Morgan fingerprint density at radius 2 is 2.53 bits per heavy atom. The second-order valence-electron chi connectivity index (χ2n) is 3.39. The zero-order valence-corrected chi connectivity index (χ0v) is 10.2. The van der Waals surface area contributed by atoms with Gasteiger partial charge in [-0.25, -0.2) is 4.79 Å². The van der Waals surface area contributed by atoms with E-state index in [0.29, 0.717) is 6.54 Å². The number of aromatic nitrogens is 2. The van der Waals surface area contributed by atoms with Gasteiger partial charge in [0, 0.05) is 23.8 Å². The van der Waals surface area contributed by atoms with Gasteiger partial charge in [0.25, 0.3) is 0 Å². The van der Waals surface area contributed by atoms with Crippen LogP contribution in [0.15, 0.2) is 36.0 Å². The molecule has 0 radical (unpaired) electrons. The summed E-state index contributed by atoms with van der Waals surface area (Å²) in [5.41, 5.74) is 0. The van der Waals surface area contributed by atoms with Crippen molar-refractivity contribution >= 4 is 17.4 Å². The molecular formula is C11H13N3O2S. The summed E-state index contributed by atoms with van der Waals surface area (Å²) in [6, 6.07) is 5.87. The summed E-state index contributed by atoms with van der Waals surface area (Å²) in [6.45, 7) is 0.453. The highest BCUT2D eigenvalue weighted by Crippen LogP contribution is 2.21. The summed E-state index contributed by atoms with van der Waals surface area (Å²) in [7, 11) is 1.35. The van der Waals surface area contributed by atoms with E-state index in [2.05, 4.69) is 15.2 Å². The number of carbonyl (C=O) groups excluding carboxylic acids is 1. The first kappa shape index (κ1) is 11.7. The van der Waals surface area contributed by atoms with E-state index in [1.807, 2.05) is 34.5 Å². The van der Waals surface area contributed by atoms with Gasteiger partial charge in [-0.2, -0.15) is 5.10 Å². The van der Waals surface area contributed by atoms with Gasteiger partial charge in [-0.3, -0.25) is 4.68 Å². The molecule has 1 unspecified atom stereocenters. The fourth-order valence-corrected chi connectivity index (χ4v) is 2.34. The molecule has 0 saturated carbocycles. The lowest BCUT2D eigenvalue weighted by atomic mass is 10.2. The molecule has 0 aromatic carbocycles. The number of carbonyl (C=O) groups is 1. The third-order valence-electron chi connectivity index (χ3n) is 2.34. The molecule has 2 aromatic rings. The van der Waals surface area contributed by atoms with Crippen molar-refractivity contribution in [3.63, 3.8) is 0 Å². The van der Waals surface area contributed by atoms with Crippen LogP contribution >= 0.6 is 11.3 Å². The molecule has 0 aliphatic heterocycles. The summed E-state index contributed by atoms with van der Waals surface area (Å²) < 4.78 is 6.38. The Kier molecular flexibility index (Phi) is 3.77. The highest BCUT2D eigenvalue weighted by Gasteiger charge is 2.16.